The first-order valence-electron chi connectivity index (χ1n) is 7.67. The van der Waals surface area contributed by atoms with Crippen molar-refractivity contribution in [3.8, 4) is 11.5 Å². The predicted molar refractivity (Wildman–Crippen MR) is 85.9 cm³/mol. The van der Waals surface area contributed by atoms with Gasteiger partial charge in [-0.3, -0.25) is 4.79 Å². The maximum atomic E-state index is 12.6. The molecule has 1 rings (SSSR count). The van der Waals surface area contributed by atoms with Gasteiger partial charge in [-0.25, -0.2) is 4.79 Å². The van der Waals surface area contributed by atoms with E-state index in [0.29, 0.717) is 5.56 Å². The third-order valence-electron chi connectivity index (χ3n) is 3.31. The molecule has 0 fully saturated rings. The Balaban J connectivity index is 2.80. The summed E-state index contributed by atoms with van der Waals surface area (Å²) in [7, 11) is 1.45. The summed E-state index contributed by atoms with van der Waals surface area (Å²) in [5.41, 5.74) is 0.319. The molecule has 0 saturated carbocycles. The molecule has 0 aliphatic rings. The molecule has 0 aliphatic heterocycles. The van der Waals surface area contributed by atoms with Gasteiger partial charge in [0.2, 0.25) is 0 Å². The second kappa shape index (κ2) is 9.65. The molecular weight excluding hydrogens is 338 g/mol. The Hall–Kier alpha value is -2.58. The zero-order valence-electron chi connectivity index (χ0n) is 14.3. The van der Waals surface area contributed by atoms with Crippen LogP contribution in [0.15, 0.2) is 18.2 Å². The van der Waals surface area contributed by atoms with Crippen LogP contribution in [0.1, 0.15) is 19.4 Å². The van der Waals surface area contributed by atoms with Gasteiger partial charge in [-0.1, -0.05) is 19.1 Å². The number of alkyl halides is 2. The molecule has 25 heavy (non-hydrogen) atoms. The average Bonchev–Trinajstić information content (AvgIpc) is 2.54. The number of urea groups is 1. The molecule has 140 valence electrons. The van der Waals surface area contributed by atoms with Crippen LogP contribution >= 0.6 is 0 Å². The van der Waals surface area contributed by atoms with Crippen molar-refractivity contribution in [3.05, 3.63) is 23.8 Å². The fourth-order valence-electron chi connectivity index (χ4n) is 2.07. The fourth-order valence-corrected chi connectivity index (χ4v) is 2.07. The minimum atomic E-state index is -3.03. The van der Waals surface area contributed by atoms with E-state index in [1.165, 1.54) is 31.0 Å². The molecule has 0 radical (unpaired) electrons. The number of carbonyl (C=O) groups excluding carboxylic acids is 1. The molecule has 0 bridgehead atoms. The summed E-state index contributed by atoms with van der Waals surface area (Å²) in [6.07, 6.45) is 0. The number of carboxylic acids is 1. The van der Waals surface area contributed by atoms with Crippen molar-refractivity contribution in [1.29, 1.82) is 0 Å². The second-order valence-electron chi connectivity index (χ2n) is 5.33. The monoisotopic (exact) mass is 360 g/mol. The number of carboxylic acid groups (broad SMARTS) is 1. The molecule has 1 aromatic carbocycles. The van der Waals surface area contributed by atoms with Crippen molar-refractivity contribution in [3.63, 3.8) is 0 Å². The molecule has 2 N–H and O–H groups in total. The molecule has 9 heteroatoms. The van der Waals surface area contributed by atoms with E-state index < -0.39 is 24.5 Å². The van der Waals surface area contributed by atoms with Gasteiger partial charge in [0, 0.05) is 25.7 Å². The van der Waals surface area contributed by atoms with Gasteiger partial charge in [0.15, 0.2) is 11.5 Å². The van der Waals surface area contributed by atoms with E-state index >= 15 is 0 Å². The third kappa shape index (κ3) is 6.44. The van der Waals surface area contributed by atoms with Gasteiger partial charge in [0.05, 0.1) is 12.5 Å². The van der Waals surface area contributed by atoms with E-state index in [-0.39, 0.29) is 31.2 Å². The smallest absolute Gasteiger partial charge is 0.387 e. The number of rotatable bonds is 9. The zero-order valence-corrected chi connectivity index (χ0v) is 14.3. The Morgan fingerprint density at radius 3 is 2.60 bits per heavy atom. The van der Waals surface area contributed by atoms with Crippen LogP contribution in [0, 0.1) is 5.92 Å². The van der Waals surface area contributed by atoms with Gasteiger partial charge in [-0.2, -0.15) is 8.78 Å². The van der Waals surface area contributed by atoms with Crippen molar-refractivity contribution in [1.82, 2.24) is 10.2 Å². The van der Waals surface area contributed by atoms with Crippen LogP contribution in [-0.4, -0.2) is 48.8 Å². The third-order valence-corrected chi connectivity index (χ3v) is 3.31. The maximum absolute atomic E-state index is 12.6. The molecular formula is C16H22F2N2O5. The highest BCUT2D eigenvalue weighted by atomic mass is 19.3. The number of hydrogen-bond acceptors (Lipinski definition) is 4. The number of nitrogens with zero attached hydrogens (tertiary/aromatic N) is 1. The first kappa shape index (κ1) is 20.5. The first-order valence-corrected chi connectivity index (χ1v) is 7.67. The van der Waals surface area contributed by atoms with Crippen LogP contribution in [0.5, 0.6) is 11.5 Å². The summed E-state index contributed by atoms with van der Waals surface area (Å²) in [6.45, 7) is 0.361. The molecule has 1 aromatic rings. The highest BCUT2D eigenvalue weighted by Gasteiger charge is 2.19. The standard InChI is InChI=1S/C16H22F2N2O5/c1-4-24-12-7-5-6-11(13(12)25-15(17)18)8-19-16(23)20(3)9-10(2)14(21)22/h5-7,10,15H,4,8-9H2,1-3H3,(H,19,23)(H,21,22). The number of nitrogens with one attached hydrogen (secondary N) is 1. The lowest BCUT2D eigenvalue weighted by Crippen LogP contribution is -2.40. The molecule has 0 saturated heterocycles. The number of ether oxygens (including phenoxy) is 2. The summed E-state index contributed by atoms with van der Waals surface area (Å²) in [5.74, 6) is -1.73. The van der Waals surface area contributed by atoms with Gasteiger partial charge >= 0.3 is 18.6 Å². The van der Waals surface area contributed by atoms with Crippen molar-refractivity contribution >= 4 is 12.0 Å². The largest absolute Gasteiger partial charge is 0.490 e. The van der Waals surface area contributed by atoms with Gasteiger partial charge in [0.1, 0.15) is 0 Å². The second-order valence-corrected chi connectivity index (χ2v) is 5.33. The summed E-state index contributed by atoms with van der Waals surface area (Å²) in [5, 5.41) is 11.4. The summed E-state index contributed by atoms with van der Waals surface area (Å²) in [4.78, 5) is 24.1. The topological polar surface area (TPSA) is 88.1 Å². The average molecular weight is 360 g/mol. The highest BCUT2D eigenvalue weighted by Crippen LogP contribution is 2.32. The quantitative estimate of drug-likeness (QED) is 0.707. The van der Waals surface area contributed by atoms with Crippen LogP contribution in [0.25, 0.3) is 0 Å². The number of aliphatic carboxylic acids is 1. The maximum Gasteiger partial charge on any atom is 0.387 e. The number of benzene rings is 1. The normalized spacial score (nSPS) is 11.8. The van der Waals surface area contributed by atoms with E-state index in [2.05, 4.69) is 10.1 Å². The molecule has 0 aliphatic carbocycles. The highest BCUT2D eigenvalue weighted by molar-refractivity contribution is 5.75. The van der Waals surface area contributed by atoms with E-state index in [9.17, 15) is 18.4 Å². The van der Waals surface area contributed by atoms with Gasteiger partial charge in [-0.05, 0) is 13.0 Å². The Morgan fingerprint density at radius 1 is 1.36 bits per heavy atom. The van der Waals surface area contributed by atoms with Crippen molar-refractivity contribution in [2.45, 2.75) is 27.0 Å². The van der Waals surface area contributed by atoms with E-state index in [1.54, 1.807) is 13.0 Å². The lowest BCUT2D eigenvalue weighted by molar-refractivity contribution is -0.141. The number of halogens is 2. The Kier molecular flexibility index (Phi) is 7.90. The number of carbonyl (C=O) groups is 2. The number of amides is 2. The summed E-state index contributed by atoms with van der Waals surface area (Å²) < 4.78 is 35.1. The predicted octanol–water partition coefficient (Wildman–Crippen LogP) is 2.55. The Morgan fingerprint density at radius 2 is 2.04 bits per heavy atom. The minimum Gasteiger partial charge on any atom is -0.490 e. The van der Waals surface area contributed by atoms with E-state index in [1.807, 2.05) is 0 Å². The van der Waals surface area contributed by atoms with Crippen LogP contribution in [0.2, 0.25) is 0 Å². The Labute approximate surface area is 144 Å². The van der Waals surface area contributed by atoms with Gasteiger partial charge < -0.3 is 24.8 Å². The van der Waals surface area contributed by atoms with Crippen LogP contribution in [-0.2, 0) is 11.3 Å². The minimum absolute atomic E-state index is 0.0144. The van der Waals surface area contributed by atoms with Crippen LogP contribution in [0.4, 0.5) is 13.6 Å². The van der Waals surface area contributed by atoms with Crippen molar-refractivity contribution < 1.29 is 33.0 Å². The molecule has 0 spiro atoms. The molecule has 1 atom stereocenters. The molecule has 0 aromatic heterocycles. The fraction of sp³-hybridized carbons (Fsp3) is 0.500. The SMILES string of the molecule is CCOc1cccc(CNC(=O)N(C)CC(C)C(=O)O)c1OC(F)F. The molecule has 0 heterocycles. The van der Waals surface area contributed by atoms with E-state index in [4.69, 9.17) is 9.84 Å². The van der Waals surface area contributed by atoms with Crippen molar-refractivity contribution in [2.75, 3.05) is 20.2 Å². The lowest BCUT2D eigenvalue weighted by Gasteiger charge is -2.21. The summed E-state index contributed by atoms with van der Waals surface area (Å²) >= 11 is 0. The van der Waals surface area contributed by atoms with Crippen LogP contribution in [0.3, 0.4) is 0 Å². The Bertz CT molecular complexity index is 598. The van der Waals surface area contributed by atoms with Gasteiger partial charge in [-0.15, -0.1) is 0 Å². The van der Waals surface area contributed by atoms with Gasteiger partial charge in [0.25, 0.3) is 0 Å². The first-order chi connectivity index (χ1) is 11.8. The molecule has 2 amide bonds. The number of hydrogen-bond donors (Lipinski definition) is 2. The lowest BCUT2D eigenvalue weighted by atomic mass is 10.1. The number of para-hydroxylation sites is 1. The zero-order chi connectivity index (χ0) is 19.0. The molecule has 7 nitrogen and oxygen atoms in total. The van der Waals surface area contributed by atoms with Crippen LogP contribution < -0.4 is 14.8 Å². The summed E-state index contributed by atoms with van der Waals surface area (Å²) in [6, 6.07) is 4.09. The molecule has 1 unspecified atom stereocenters. The van der Waals surface area contributed by atoms with E-state index in [0.717, 1.165) is 0 Å². The van der Waals surface area contributed by atoms with Crippen molar-refractivity contribution in [2.24, 2.45) is 5.92 Å².